The maximum absolute atomic E-state index is 11.9. The van der Waals surface area contributed by atoms with Gasteiger partial charge >= 0.3 is 5.97 Å². The molecule has 2 heterocycles. The van der Waals surface area contributed by atoms with Crippen molar-refractivity contribution < 1.29 is 9.53 Å². The van der Waals surface area contributed by atoms with Crippen LogP contribution in [0.1, 0.15) is 58.3 Å². The number of hydrogen-bond donors (Lipinski definition) is 2. The summed E-state index contributed by atoms with van der Waals surface area (Å²) in [4.78, 5) is 19.0. The van der Waals surface area contributed by atoms with Crippen LogP contribution >= 0.6 is 35.3 Å². The number of anilines is 1. The average molecular weight is 535 g/mol. The lowest BCUT2D eigenvalue weighted by atomic mass is 10.1. The summed E-state index contributed by atoms with van der Waals surface area (Å²) < 4.78 is 5.51. The molecule has 0 radical (unpaired) electrons. The molecule has 164 valence electrons. The first-order valence-electron chi connectivity index (χ1n) is 10.8. The summed E-state index contributed by atoms with van der Waals surface area (Å²) in [5, 5.41) is 10.4. The summed E-state index contributed by atoms with van der Waals surface area (Å²) in [7, 11) is 0. The van der Waals surface area contributed by atoms with E-state index >= 15 is 0 Å². The lowest BCUT2D eigenvalue weighted by molar-refractivity contribution is -0.148. The molecule has 0 bridgehead atoms. The van der Waals surface area contributed by atoms with Crippen LogP contribution in [-0.2, 0) is 9.53 Å². The van der Waals surface area contributed by atoms with Crippen molar-refractivity contribution in [2.45, 2.75) is 70.4 Å². The summed E-state index contributed by atoms with van der Waals surface area (Å²) in [6.07, 6.45) is 8.00. The van der Waals surface area contributed by atoms with Crippen LogP contribution in [0.2, 0.25) is 0 Å². The van der Waals surface area contributed by atoms with Crippen molar-refractivity contribution in [3.63, 3.8) is 0 Å². The molecular weight excluding hydrogens is 499 g/mol. The van der Waals surface area contributed by atoms with Crippen LogP contribution in [0, 0.1) is 0 Å². The number of rotatable bonds is 8. The Labute approximate surface area is 195 Å². The Morgan fingerprint density at radius 1 is 1.28 bits per heavy atom. The highest BCUT2D eigenvalue weighted by atomic mass is 127. The van der Waals surface area contributed by atoms with E-state index in [1.54, 1.807) is 0 Å². The van der Waals surface area contributed by atoms with Gasteiger partial charge in [-0.15, -0.1) is 35.3 Å². The van der Waals surface area contributed by atoms with Gasteiger partial charge in [-0.05, 0) is 69.4 Å². The molecule has 1 saturated carbocycles. The number of ether oxygens (including phenoxy) is 1. The molecule has 1 aromatic heterocycles. The summed E-state index contributed by atoms with van der Waals surface area (Å²) in [6, 6.07) is 4.76. The molecule has 0 amide bonds. The summed E-state index contributed by atoms with van der Waals surface area (Å²) in [5.41, 5.74) is 0. The molecule has 0 unspecified atom stereocenters. The number of guanidine groups is 1. The topological polar surface area (TPSA) is 66.0 Å². The van der Waals surface area contributed by atoms with E-state index < -0.39 is 0 Å². The van der Waals surface area contributed by atoms with E-state index in [0.29, 0.717) is 19.0 Å². The third-order valence-electron chi connectivity index (χ3n) is 5.41. The number of esters is 1. The molecule has 3 rings (SSSR count). The van der Waals surface area contributed by atoms with E-state index in [2.05, 4.69) is 45.0 Å². The van der Waals surface area contributed by atoms with E-state index in [-0.39, 0.29) is 36.0 Å². The fraction of sp³-hybridized carbons (Fsp3) is 0.714. The second-order valence-corrected chi connectivity index (χ2v) is 8.54. The van der Waals surface area contributed by atoms with Crippen molar-refractivity contribution >= 4 is 52.2 Å². The lowest BCUT2D eigenvalue weighted by Gasteiger charge is -2.33. The van der Waals surface area contributed by atoms with Crippen LogP contribution in [0.3, 0.4) is 0 Å². The van der Waals surface area contributed by atoms with Gasteiger partial charge in [-0.25, -0.2) is 0 Å². The van der Waals surface area contributed by atoms with Gasteiger partial charge in [0.1, 0.15) is 6.10 Å². The Hall–Kier alpha value is -1.03. The molecule has 2 fully saturated rings. The smallest absolute Gasteiger partial charge is 0.306 e. The SMILES string of the molecule is CCNC(=NCCCC(=O)OC1CCCC1)NC1CCN(c2cccs2)CC1.I. The van der Waals surface area contributed by atoms with Crippen molar-refractivity contribution in [1.82, 2.24) is 10.6 Å². The minimum Gasteiger partial charge on any atom is -0.462 e. The average Bonchev–Trinajstić information content (AvgIpc) is 3.40. The van der Waals surface area contributed by atoms with E-state index in [0.717, 1.165) is 57.7 Å². The second-order valence-electron chi connectivity index (χ2n) is 7.62. The molecule has 6 nitrogen and oxygen atoms in total. The Morgan fingerprint density at radius 3 is 2.69 bits per heavy atom. The van der Waals surface area contributed by atoms with E-state index in [9.17, 15) is 4.79 Å². The number of hydrogen-bond acceptors (Lipinski definition) is 5. The molecule has 0 aromatic carbocycles. The van der Waals surface area contributed by atoms with Crippen molar-refractivity contribution in [3.05, 3.63) is 17.5 Å². The third kappa shape index (κ3) is 8.32. The molecule has 29 heavy (non-hydrogen) atoms. The predicted octanol–water partition coefficient (Wildman–Crippen LogP) is 4.16. The summed E-state index contributed by atoms with van der Waals surface area (Å²) >= 11 is 1.81. The minimum atomic E-state index is -0.0685. The Kier molecular flexibility index (Phi) is 11.1. The minimum absolute atomic E-state index is 0. The Morgan fingerprint density at radius 2 is 2.03 bits per heavy atom. The van der Waals surface area contributed by atoms with Gasteiger partial charge in [0, 0.05) is 38.6 Å². The normalized spacial score (nSPS) is 18.4. The molecule has 1 aliphatic carbocycles. The fourth-order valence-corrected chi connectivity index (χ4v) is 4.66. The zero-order valence-corrected chi connectivity index (χ0v) is 20.5. The molecule has 2 N–H and O–H groups in total. The first-order chi connectivity index (χ1) is 13.7. The van der Waals surface area contributed by atoms with Crippen LogP contribution in [-0.4, -0.2) is 50.3 Å². The number of aliphatic imine (C=N–C) groups is 1. The zero-order valence-electron chi connectivity index (χ0n) is 17.4. The number of carbonyl (C=O) groups is 1. The largest absolute Gasteiger partial charge is 0.462 e. The number of halogens is 1. The number of nitrogens with one attached hydrogen (secondary N) is 2. The molecule has 2 aliphatic rings. The van der Waals surface area contributed by atoms with Gasteiger partial charge in [0.2, 0.25) is 0 Å². The predicted molar refractivity (Wildman–Crippen MR) is 132 cm³/mol. The number of piperidine rings is 1. The fourth-order valence-electron chi connectivity index (χ4n) is 3.87. The van der Waals surface area contributed by atoms with Crippen LogP contribution in [0.15, 0.2) is 22.5 Å². The van der Waals surface area contributed by atoms with E-state index in [4.69, 9.17) is 4.74 Å². The molecular formula is C21H35IN4O2S. The first kappa shape index (κ1) is 24.2. The van der Waals surface area contributed by atoms with Crippen molar-refractivity contribution in [2.75, 3.05) is 31.1 Å². The molecule has 0 spiro atoms. The van der Waals surface area contributed by atoms with Crippen LogP contribution < -0.4 is 15.5 Å². The van der Waals surface area contributed by atoms with Crippen molar-refractivity contribution in [1.29, 1.82) is 0 Å². The molecule has 8 heteroatoms. The van der Waals surface area contributed by atoms with E-state index in [1.807, 2.05) is 11.3 Å². The Bertz CT molecular complexity index is 612. The van der Waals surface area contributed by atoms with Gasteiger partial charge in [-0.1, -0.05) is 0 Å². The monoisotopic (exact) mass is 534 g/mol. The highest BCUT2D eigenvalue weighted by molar-refractivity contribution is 14.0. The summed E-state index contributed by atoms with van der Waals surface area (Å²) in [5.74, 6) is 0.794. The van der Waals surface area contributed by atoms with Gasteiger partial charge in [-0.3, -0.25) is 9.79 Å². The maximum Gasteiger partial charge on any atom is 0.306 e. The molecule has 1 aromatic rings. The first-order valence-corrected chi connectivity index (χ1v) is 11.7. The number of nitrogens with zero attached hydrogens (tertiary/aromatic N) is 2. The van der Waals surface area contributed by atoms with Gasteiger partial charge in [-0.2, -0.15) is 0 Å². The number of thiophene rings is 1. The van der Waals surface area contributed by atoms with Gasteiger partial charge in [0.15, 0.2) is 5.96 Å². The van der Waals surface area contributed by atoms with Crippen LogP contribution in [0.25, 0.3) is 0 Å². The second kappa shape index (κ2) is 13.3. The van der Waals surface area contributed by atoms with Crippen molar-refractivity contribution in [2.24, 2.45) is 4.99 Å². The zero-order chi connectivity index (χ0) is 19.6. The third-order valence-corrected chi connectivity index (χ3v) is 6.34. The van der Waals surface area contributed by atoms with Gasteiger partial charge in [0.05, 0.1) is 5.00 Å². The quantitative estimate of drug-likeness (QED) is 0.173. The van der Waals surface area contributed by atoms with Crippen LogP contribution in [0.4, 0.5) is 5.00 Å². The number of carbonyl (C=O) groups excluding carboxylic acids is 1. The van der Waals surface area contributed by atoms with E-state index in [1.165, 1.54) is 17.8 Å². The Balaban J connectivity index is 0.00000300. The van der Waals surface area contributed by atoms with Gasteiger partial charge in [0.25, 0.3) is 0 Å². The van der Waals surface area contributed by atoms with Crippen molar-refractivity contribution in [3.8, 4) is 0 Å². The highest BCUT2D eigenvalue weighted by Crippen LogP contribution is 2.25. The molecule has 1 aliphatic heterocycles. The molecule has 0 atom stereocenters. The maximum atomic E-state index is 11.9. The summed E-state index contributed by atoms with van der Waals surface area (Å²) in [6.45, 7) is 5.71. The standard InChI is InChI=1S/C21H34N4O2S.HI/c1-2-22-21(23-13-5-10-20(26)27-18-7-3-4-8-18)24-17-11-14-25(15-12-17)19-9-6-16-28-19;/h6,9,16-18H,2-5,7-8,10-15H2,1H3,(H2,22,23,24);1H. The molecule has 1 saturated heterocycles. The lowest BCUT2D eigenvalue weighted by Crippen LogP contribution is -2.48. The highest BCUT2D eigenvalue weighted by Gasteiger charge is 2.21. The van der Waals surface area contributed by atoms with Crippen LogP contribution in [0.5, 0.6) is 0 Å². The van der Waals surface area contributed by atoms with Gasteiger partial charge < -0.3 is 20.3 Å².